The second-order valence-electron chi connectivity index (χ2n) is 2.89. The zero-order valence-electron chi connectivity index (χ0n) is 6.96. The fraction of sp³-hybridized carbons (Fsp3) is 0.556. The van der Waals surface area contributed by atoms with Crippen molar-refractivity contribution in [2.24, 2.45) is 0 Å². The van der Waals surface area contributed by atoms with Crippen LogP contribution in [0.25, 0.3) is 0 Å². The maximum absolute atomic E-state index is 2.31. The van der Waals surface area contributed by atoms with Crippen LogP contribution in [-0.4, -0.2) is 17.5 Å². The van der Waals surface area contributed by atoms with E-state index in [1.807, 2.05) is 0 Å². The Morgan fingerprint density at radius 3 is 2.60 bits per heavy atom. The van der Waals surface area contributed by atoms with Crippen LogP contribution < -0.4 is 0 Å². The van der Waals surface area contributed by atoms with Crippen molar-refractivity contribution in [1.82, 2.24) is 4.90 Å². The number of hydrogen-bond donors (Lipinski definition) is 0. The van der Waals surface area contributed by atoms with Crippen LogP contribution in [0.1, 0.15) is 20.8 Å². The lowest BCUT2D eigenvalue weighted by Gasteiger charge is -1.91. The van der Waals surface area contributed by atoms with Gasteiger partial charge in [-0.3, -0.25) is 0 Å². The Balaban J connectivity index is 2.30. The van der Waals surface area contributed by atoms with Crippen LogP contribution in [0.2, 0.25) is 0 Å². The highest BCUT2D eigenvalue weighted by Crippen LogP contribution is 2.16. The minimum absolute atomic E-state index is 0.779. The molecule has 0 N–H and O–H groups in total. The summed E-state index contributed by atoms with van der Waals surface area (Å²) in [5.74, 6) is 0. The highest BCUT2D eigenvalue weighted by Gasteiger charge is 2.24. The van der Waals surface area contributed by atoms with Gasteiger partial charge in [0.2, 0.25) is 0 Å². The first-order valence-electron chi connectivity index (χ1n) is 3.81. The van der Waals surface area contributed by atoms with Crippen molar-refractivity contribution in [3.63, 3.8) is 0 Å². The predicted molar refractivity (Wildman–Crippen MR) is 44.7 cm³/mol. The molecule has 0 aromatic carbocycles. The Kier molecular flexibility index (Phi) is 2.15. The normalized spacial score (nSPS) is 26.1. The number of nitrogens with zero attached hydrogens (tertiary/aromatic N) is 1. The predicted octanol–water partition coefficient (Wildman–Crippen LogP) is 2.17. The first-order chi connectivity index (χ1) is 4.74. The zero-order chi connectivity index (χ0) is 7.56. The van der Waals surface area contributed by atoms with Crippen molar-refractivity contribution >= 4 is 0 Å². The Bertz CT molecular complexity index is 168. The topological polar surface area (TPSA) is 3.01 Å². The second kappa shape index (κ2) is 2.91. The number of rotatable bonds is 2. The first kappa shape index (κ1) is 7.39. The SMILES string of the molecule is CC=C(C)C=CN1CC1C. The lowest BCUT2D eigenvalue weighted by molar-refractivity contribution is 0.701. The molecule has 0 bridgehead atoms. The van der Waals surface area contributed by atoms with E-state index >= 15 is 0 Å². The van der Waals surface area contributed by atoms with Gasteiger partial charge in [0.05, 0.1) is 0 Å². The molecule has 1 saturated heterocycles. The molecule has 10 heavy (non-hydrogen) atoms. The van der Waals surface area contributed by atoms with E-state index in [4.69, 9.17) is 0 Å². The van der Waals surface area contributed by atoms with Gasteiger partial charge in [0.15, 0.2) is 0 Å². The Hall–Kier alpha value is -0.720. The van der Waals surface area contributed by atoms with Crippen LogP contribution in [0.3, 0.4) is 0 Å². The smallest absolute Gasteiger partial charge is 0.0432 e. The van der Waals surface area contributed by atoms with Gasteiger partial charge in [-0.2, -0.15) is 0 Å². The molecule has 0 aromatic rings. The zero-order valence-corrected chi connectivity index (χ0v) is 6.96. The van der Waals surface area contributed by atoms with E-state index in [0.29, 0.717) is 0 Å². The summed E-state index contributed by atoms with van der Waals surface area (Å²) in [7, 11) is 0. The van der Waals surface area contributed by atoms with Gasteiger partial charge in [-0.15, -0.1) is 0 Å². The third-order valence-electron chi connectivity index (χ3n) is 1.89. The molecule has 1 rings (SSSR count). The van der Waals surface area contributed by atoms with Gasteiger partial charge in [0.1, 0.15) is 0 Å². The summed E-state index contributed by atoms with van der Waals surface area (Å²) in [6.45, 7) is 7.64. The Morgan fingerprint density at radius 2 is 2.20 bits per heavy atom. The molecule has 1 heterocycles. The summed E-state index contributed by atoms with van der Waals surface area (Å²) >= 11 is 0. The first-order valence-corrected chi connectivity index (χ1v) is 3.81. The van der Waals surface area contributed by atoms with E-state index in [2.05, 4.69) is 44.0 Å². The van der Waals surface area contributed by atoms with Crippen molar-refractivity contribution < 1.29 is 0 Å². The van der Waals surface area contributed by atoms with Crippen LogP contribution in [-0.2, 0) is 0 Å². The van der Waals surface area contributed by atoms with Gasteiger partial charge >= 0.3 is 0 Å². The monoisotopic (exact) mass is 137 g/mol. The molecule has 0 saturated carbocycles. The van der Waals surface area contributed by atoms with E-state index in [0.717, 1.165) is 6.04 Å². The maximum atomic E-state index is 2.31. The van der Waals surface area contributed by atoms with E-state index in [-0.39, 0.29) is 0 Å². The summed E-state index contributed by atoms with van der Waals surface area (Å²) < 4.78 is 0. The fourth-order valence-corrected chi connectivity index (χ4v) is 0.775. The summed E-state index contributed by atoms with van der Waals surface area (Å²) in [4.78, 5) is 2.31. The van der Waals surface area contributed by atoms with E-state index in [9.17, 15) is 0 Å². The molecule has 1 aliphatic heterocycles. The van der Waals surface area contributed by atoms with Crippen molar-refractivity contribution in [2.75, 3.05) is 6.54 Å². The van der Waals surface area contributed by atoms with Crippen molar-refractivity contribution in [3.05, 3.63) is 23.9 Å². The quantitative estimate of drug-likeness (QED) is 0.416. The van der Waals surface area contributed by atoms with Crippen LogP contribution in [0.4, 0.5) is 0 Å². The average Bonchev–Trinajstić information content (AvgIpc) is 2.61. The molecule has 56 valence electrons. The van der Waals surface area contributed by atoms with E-state index < -0.39 is 0 Å². The lowest BCUT2D eigenvalue weighted by Crippen LogP contribution is -1.85. The molecule has 1 heteroatoms. The molecule has 1 atom stereocenters. The molecular weight excluding hydrogens is 122 g/mol. The summed E-state index contributed by atoms with van der Waals surface area (Å²) in [6.07, 6.45) is 6.44. The second-order valence-corrected chi connectivity index (χ2v) is 2.89. The molecule has 1 nitrogen and oxygen atoms in total. The third kappa shape index (κ3) is 1.90. The van der Waals surface area contributed by atoms with Crippen molar-refractivity contribution in [2.45, 2.75) is 26.8 Å². The van der Waals surface area contributed by atoms with Gasteiger partial charge in [0, 0.05) is 12.6 Å². The minimum atomic E-state index is 0.779. The van der Waals surface area contributed by atoms with Crippen LogP contribution in [0.5, 0.6) is 0 Å². The molecule has 0 amide bonds. The fourth-order valence-electron chi connectivity index (χ4n) is 0.775. The summed E-state index contributed by atoms with van der Waals surface area (Å²) in [5, 5.41) is 0. The highest BCUT2D eigenvalue weighted by atomic mass is 15.3. The molecule has 0 radical (unpaired) electrons. The molecule has 0 aliphatic carbocycles. The van der Waals surface area contributed by atoms with Crippen molar-refractivity contribution in [3.8, 4) is 0 Å². The summed E-state index contributed by atoms with van der Waals surface area (Å²) in [6, 6.07) is 0.779. The largest absolute Gasteiger partial charge is 0.371 e. The Morgan fingerprint density at radius 1 is 1.60 bits per heavy atom. The highest BCUT2D eigenvalue weighted by molar-refractivity contribution is 5.16. The van der Waals surface area contributed by atoms with E-state index in [1.54, 1.807) is 0 Å². The van der Waals surface area contributed by atoms with Crippen LogP contribution in [0.15, 0.2) is 23.9 Å². The Labute approximate surface area is 63.0 Å². The molecule has 1 aliphatic rings. The van der Waals surface area contributed by atoms with Gasteiger partial charge in [-0.05, 0) is 33.0 Å². The van der Waals surface area contributed by atoms with Crippen molar-refractivity contribution in [1.29, 1.82) is 0 Å². The van der Waals surface area contributed by atoms with Crippen LogP contribution >= 0.6 is 0 Å². The van der Waals surface area contributed by atoms with Gasteiger partial charge < -0.3 is 4.90 Å². The molecule has 1 fully saturated rings. The van der Waals surface area contributed by atoms with E-state index in [1.165, 1.54) is 12.1 Å². The third-order valence-corrected chi connectivity index (χ3v) is 1.89. The standard InChI is InChI=1S/C9H15N/c1-4-8(2)5-6-10-7-9(10)3/h4-6,9H,7H2,1-3H3. The minimum Gasteiger partial charge on any atom is -0.371 e. The molecule has 1 unspecified atom stereocenters. The van der Waals surface area contributed by atoms with Crippen LogP contribution in [0, 0.1) is 0 Å². The lowest BCUT2D eigenvalue weighted by atomic mass is 10.3. The molecule has 0 aromatic heterocycles. The van der Waals surface area contributed by atoms with Gasteiger partial charge in [-0.1, -0.05) is 11.6 Å². The number of hydrogen-bond acceptors (Lipinski definition) is 1. The molecule has 0 spiro atoms. The average molecular weight is 137 g/mol. The van der Waals surface area contributed by atoms with Gasteiger partial charge in [0.25, 0.3) is 0 Å². The molecular formula is C9H15N. The maximum Gasteiger partial charge on any atom is 0.0432 e. The summed E-state index contributed by atoms with van der Waals surface area (Å²) in [5.41, 5.74) is 1.33. The van der Waals surface area contributed by atoms with Gasteiger partial charge in [-0.25, -0.2) is 0 Å². The number of allylic oxidation sites excluding steroid dienone is 3.